The first kappa shape index (κ1) is 10.2. The van der Waals surface area contributed by atoms with Gasteiger partial charge in [-0.25, -0.2) is 0 Å². The number of nitrogens with zero attached hydrogens (tertiary/aromatic N) is 1. The van der Waals surface area contributed by atoms with Gasteiger partial charge >= 0.3 is 0 Å². The minimum absolute atomic E-state index is 0.286. The Morgan fingerprint density at radius 2 is 1.80 bits per heavy atom. The summed E-state index contributed by atoms with van der Waals surface area (Å²) in [6.45, 7) is 0. The highest BCUT2D eigenvalue weighted by Crippen LogP contribution is 2.22. The molecule has 2 aromatic rings. The second-order valence-corrected chi connectivity index (χ2v) is 3.78. The van der Waals surface area contributed by atoms with Crippen LogP contribution in [0.5, 0.6) is 5.75 Å². The van der Waals surface area contributed by atoms with Crippen LogP contribution in [0.15, 0.2) is 42.6 Å². The number of aromatic hydroxyl groups is 1. The van der Waals surface area contributed by atoms with Crippen molar-refractivity contribution in [2.75, 3.05) is 0 Å². The van der Waals surface area contributed by atoms with Crippen LogP contribution in [-0.4, -0.2) is 10.1 Å². The number of phenols is 1. The highest BCUT2D eigenvalue weighted by molar-refractivity contribution is 9.08. The lowest BCUT2D eigenvalue weighted by atomic mass is 10.1. The van der Waals surface area contributed by atoms with E-state index in [1.54, 1.807) is 18.3 Å². The summed E-state index contributed by atoms with van der Waals surface area (Å²) in [6.07, 6.45) is 1.79. The maximum Gasteiger partial charge on any atom is 0.115 e. The second-order valence-electron chi connectivity index (χ2n) is 3.22. The van der Waals surface area contributed by atoms with Gasteiger partial charge in [0.2, 0.25) is 0 Å². The van der Waals surface area contributed by atoms with Crippen molar-refractivity contribution < 1.29 is 5.11 Å². The number of phenolic OH excluding ortho intramolecular Hbond substituents is 1. The van der Waals surface area contributed by atoms with E-state index < -0.39 is 0 Å². The number of hydrogen-bond acceptors (Lipinski definition) is 2. The Kier molecular flexibility index (Phi) is 3.02. The molecule has 2 rings (SSSR count). The second kappa shape index (κ2) is 4.45. The Balaban J connectivity index is 2.40. The zero-order valence-corrected chi connectivity index (χ0v) is 9.61. The van der Waals surface area contributed by atoms with Crippen LogP contribution in [0.4, 0.5) is 0 Å². The maximum atomic E-state index is 9.18. The molecule has 0 radical (unpaired) electrons. The van der Waals surface area contributed by atoms with Crippen molar-refractivity contribution in [1.29, 1.82) is 0 Å². The Morgan fingerprint density at radius 3 is 2.47 bits per heavy atom. The number of halogens is 1. The summed E-state index contributed by atoms with van der Waals surface area (Å²) in [7, 11) is 0. The van der Waals surface area contributed by atoms with E-state index in [-0.39, 0.29) is 5.75 Å². The smallest absolute Gasteiger partial charge is 0.115 e. The highest BCUT2D eigenvalue weighted by atomic mass is 79.9. The molecule has 1 heterocycles. The monoisotopic (exact) mass is 263 g/mol. The van der Waals surface area contributed by atoms with Crippen molar-refractivity contribution in [2.24, 2.45) is 0 Å². The van der Waals surface area contributed by atoms with Gasteiger partial charge < -0.3 is 5.11 Å². The van der Waals surface area contributed by atoms with E-state index in [9.17, 15) is 5.11 Å². The van der Waals surface area contributed by atoms with Crippen LogP contribution in [0.25, 0.3) is 11.1 Å². The molecule has 1 N–H and O–H groups in total. The van der Waals surface area contributed by atoms with Crippen molar-refractivity contribution in [3.63, 3.8) is 0 Å². The van der Waals surface area contributed by atoms with Gasteiger partial charge in [0.25, 0.3) is 0 Å². The number of aromatic nitrogens is 1. The van der Waals surface area contributed by atoms with Gasteiger partial charge in [-0.3, -0.25) is 4.98 Å². The Morgan fingerprint density at radius 1 is 1.07 bits per heavy atom. The van der Waals surface area contributed by atoms with Crippen molar-refractivity contribution in [2.45, 2.75) is 5.33 Å². The van der Waals surface area contributed by atoms with Gasteiger partial charge in [0.05, 0.1) is 5.69 Å². The first-order valence-electron chi connectivity index (χ1n) is 4.60. The summed E-state index contributed by atoms with van der Waals surface area (Å²) in [6, 6.07) is 11.1. The van der Waals surface area contributed by atoms with E-state index in [1.165, 1.54) is 0 Å². The Labute approximate surface area is 96.7 Å². The normalized spacial score (nSPS) is 10.2. The van der Waals surface area contributed by atoms with E-state index in [4.69, 9.17) is 0 Å². The van der Waals surface area contributed by atoms with Gasteiger partial charge in [0.1, 0.15) is 5.75 Å². The molecule has 0 bridgehead atoms. The molecule has 0 spiro atoms. The molecule has 3 heteroatoms. The zero-order valence-electron chi connectivity index (χ0n) is 8.02. The van der Waals surface area contributed by atoms with Gasteiger partial charge in [-0.15, -0.1) is 0 Å². The number of alkyl halides is 1. The third-order valence-electron chi connectivity index (χ3n) is 2.15. The quantitative estimate of drug-likeness (QED) is 0.844. The molecule has 2 nitrogen and oxygen atoms in total. The van der Waals surface area contributed by atoms with E-state index in [0.29, 0.717) is 0 Å². The number of rotatable bonds is 2. The van der Waals surface area contributed by atoms with Gasteiger partial charge in [-0.05, 0) is 35.4 Å². The molecule has 0 aliphatic rings. The van der Waals surface area contributed by atoms with Crippen molar-refractivity contribution in [1.82, 2.24) is 4.98 Å². The first-order chi connectivity index (χ1) is 7.29. The minimum Gasteiger partial charge on any atom is -0.508 e. The number of benzene rings is 1. The molecule has 15 heavy (non-hydrogen) atoms. The summed E-state index contributed by atoms with van der Waals surface area (Å²) >= 11 is 3.37. The largest absolute Gasteiger partial charge is 0.508 e. The molecule has 0 aliphatic heterocycles. The topological polar surface area (TPSA) is 33.1 Å². The van der Waals surface area contributed by atoms with Crippen LogP contribution in [0.3, 0.4) is 0 Å². The predicted molar refractivity (Wildman–Crippen MR) is 64.0 cm³/mol. The van der Waals surface area contributed by atoms with Gasteiger partial charge in [-0.1, -0.05) is 28.1 Å². The molecular formula is C12H10BrNO. The van der Waals surface area contributed by atoms with E-state index in [0.717, 1.165) is 22.2 Å². The van der Waals surface area contributed by atoms with Crippen molar-refractivity contribution in [3.8, 4) is 16.9 Å². The standard InChI is InChI=1S/C12H10BrNO/c13-8-11-7-10(5-6-14-11)9-1-3-12(15)4-2-9/h1-7,15H,8H2. The minimum atomic E-state index is 0.286. The lowest BCUT2D eigenvalue weighted by molar-refractivity contribution is 0.475. The Bertz CT molecular complexity index is 453. The van der Waals surface area contributed by atoms with Crippen LogP contribution in [-0.2, 0) is 5.33 Å². The third kappa shape index (κ3) is 2.36. The van der Waals surface area contributed by atoms with Crippen LogP contribution < -0.4 is 0 Å². The van der Waals surface area contributed by atoms with Gasteiger partial charge in [-0.2, -0.15) is 0 Å². The van der Waals surface area contributed by atoms with Crippen LogP contribution in [0.1, 0.15) is 5.69 Å². The SMILES string of the molecule is Oc1ccc(-c2ccnc(CBr)c2)cc1. The summed E-state index contributed by atoms with van der Waals surface area (Å²) < 4.78 is 0. The van der Waals surface area contributed by atoms with E-state index in [1.807, 2.05) is 24.3 Å². The predicted octanol–water partition coefficient (Wildman–Crippen LogP) is 3.35. The van der Waals surface area contributed by atoms with Crippen molar-refractivity contribution in [3.05, 3.63) is 48.3 Å². The lowest BCUT2D eigenvalue weighted by Gasteiger charge is -2.03. The van der Waals surface area contributed by atoms with Gasteiger partial charge in [0.15, 0.2) is 0 Å². The fourth-order valence-corrected chi connectivity index (χ4v) is 1.69. The van der Waals surface area contributed by atoms with E-state index >= 15 is 0 Å². The van der Waals surface area contributed by atoms with Crippen LogP contribution in [0.2, 0.25) is 0 Å². The molecule has 0 amide bonds. The third-order valence-corrected chi connectivity index (χ3v) is 2.73. The summed E-state index contributed by atoms with van der Waals surface area (Å²) in [4.78, 5) is 4.20. The van der Waals surface area contributed by atoms with Crippen LogP contribution in [0, 0.1) is 0 Å². The highest BCUT2D eigenvalue weighted by Gasteiger charge is 1.99. The molecule has 1 aromatic carbocycles. The molecule has 0 aliphatic carbocycles. The molecule has 0 atom stereocenters. The molecule has 1 aromatic heterocycles. The molecule has 76 valence electrons. The average molecular weight is 264 g/mol. The summed E-state index contributed by atoms with van der Waals surface area (Å²) in [5.41, 5.74) is 3.19. The van der Waals surface area contributed by atoms with Crippen molar-refractivity contribution >= 4 is 15.9 Å². The molecule has 0 fully saturated rings. The maximum absolute atomic E-state index is 9.18. The Hall–Kier alpha value is -1.35. The number of pyridine rings is 1. The fraction of sp³-hybridized carbons (Fsp3) is 0.0833. The fourth-order valence-electron chi connectivity index (χ4n) is 1.38. The van der Waals surface area contributed by atoms with E-state index in [2.05, 4.69) is 20.9 Å². The lowest BCUT2D eigenvalue weighted by Crippen LogP contribution is -1.85. The number of hydrogen-bond donors (Lipinski definition) is 1. The molecule has 0 saturated heterocycles. The summed E-state index contributed by atoms with van der Waals surface area (Å²) in [5.74, 6) is 0.286. The molecule has 0 unspecified atom stereocenters. The summed E-state index contributed by atoms with van der Waals surface area (Å²) in [5, 5.41) is 9.93. The zero-order chi connectivity index (χ0) is 10.7. The molecular weight excluding hydrogens is 254 g/mol. The van der Waals surface area contributed by atoms with Crippen LogP contribution >= 0.6 is 15.9 Å². The van der Waals surface area contributed by atoms with Gasteiger partial charge in [0, 0.05) is 11.5 Å². The average Bonchev–Trinajstić information content (AvgIpc) is 2.30. The first-order valence-corrected chi connectivity index (χ1v) is 5.72. The molecule has 0 saturated carbocycles.